The molecule has 0 saturated carbocycles. The summed E-state index contributed by atoms with van der Waals surface area (Å²) in [6.45, 7) is 3.64. The van der Waals surface area contributed by atoms with Crippen LogP contribution in [-0.2, 0) is 16.0 Å². The summed E-state index contributed by atoms with van der Waals surface area (Å²) >= 11 is 1.54. The van der Waals surface area contributed by atoms with Gasteiger partial charge in [-0.15, -0.1) is 11.3 Å². The van der Waals surface area contributed by atoms with E-state index in [1.807, 2.05) is 31.4 Å². The molecule has 2 aromatic rings. The molecule has 0 fully saturated rings. The van der Waals surface area contributed by atoms with Crippen LogP contribution >= 0.6 is 11.3 Å². The van der Waals surface area contributed by atoms with E-state index >= 15 is 0 Å². The molecule has 0 saturated heterocycles. The van der Waals surface area contributed by atoms with Crippen molar-refractivity contribution in [1.82, 2.24) is 15.5 Å². The Labute approximate surface area is 144 Å². The predicted molar refractivity (Wildman–Crippen MR) is 89.6 cm³/mol. The highest BCUT2D eigenvalue weighted by molar-refractivity contribution is 7.13. The van der Waals surface area contributed by atoms with Gasteiger partial charge in [-0.3, -0.25) is 9.59 Å². The van der Waals surface area contributed by atoms with E-state index in [2.05, 4.69) is 15.5 Å². The van der Waals surface area contributed by atoms with Gasteiger partial charge in [0.1, 0.15) is 0 Å². The fraction of sp³-hybridized carbons (Fsp3) is 0.500. The van der Waals surface area contributed by atoms with E-state index in [9.17, 15) is 9.59 Å². The summed E-state index contributed by atoms with van der Waals surface area (Å²) in [4.78, 5) is 27.8. The Morgan fingerprint density at radius 3 is 2.83 bits per heavy atom. The molecule has 2 aromatic heterocycles. The molecule has 0 aromatic carbocycles. The SMILES string of the molecule is CC(C)(CCC(=O)O)NC(=O)CCCc1nc(-c2cccs2)no1. The zero-order chi connectivity index (χ0) is 17.6. The lowest BCUT2D eigenvalue weighted by molar-refractivity contribution is -0.137. The first-order valence-corrected chi connectivity index (χ1v) is 8.63. The molecule has 7 nitrogen and oxygen atoms in total. The molecule has 2 rings (SSSR count). The summed E-state index contributed by atoms with van der Waals surface area (Å²) in [5, 5.41) is 17.4. The van der Waals surface area contributed by atoms with Crippen LogP contribution in [0.15, 0.2) is 22.0 Å². The van der Waals surface area contributed by atoms with E-state index in [0.29, 0.717) is 37.4 Å². The summed E-state index contributed by atoms with van der Waals surface area (Å²) < 4.78 is 5.18. The third-order valence-electron chi connectivity index (χ3n) is 3.45. The van der Waals surface area contributed by atoms with Crippen molar-refractivity contribution in [3.63, 3.8) is 0 Å². The standard InChI is InChI=1S/C16H21N3O4S/c1-16(2,9-8-14(21)22)18-12(20)6-3-7-13-17-15(19-23-13)11-5-4-10-24-11/h4-5,10H,3,6-9H2,1-2H3,(H,18,20)(H,21,22). The number of carboxylic acids is 1. The van der Waals surface area contributed by atoms with Gasteiger partial charge in [0.25, 0.3) is 0 Å². The van der Waals surface area contributed by atoms with Gasteiger partial charge in [0.05, 0.1) is 4.88 Å². The Morgan fingerprint density at radius 1 is 1.38 bits per heavy atom. The van der Waals surface area contributed by atoms with Crippen molar-refractivity contribution in [2.24, 2.45) is 0 Å². The maximum atomic E-state index is 12.0. The molecule has 2 N–H and O–H groups in total. The Morgan fingerprint density at radius 2 is 2.17 bits per heavy atom. The topological polar surface area (TPSA) is 105 Å². The van der Waals surface area contributed by atoms with Crippen molar-refractivity contribution in [3.05, 3.63) is 23.4 Å². The van der Waals surface area contributed by atoms with Gasteiger partial charge in [-0.2, -0.15) is 4.98 Å². The average Bonchev–Trinajstić information content (AvgIpc) is 3.15. The van der Waals surface area contributed by atoms with Crippen molar-refractivity contribution in [2.45, 2.75) is 51.5 Å². The van der Waals surface area contributed by atoms with Crippen LogP contribution in [0.5, 0.6) is 0 Å². The number of aryl methyl sites for hydroxylation is 1. The van der Waals surface area contributed by atoms with Gasteiger partial charge in [0.2, 0.25) is 17.6 Å². The summed E-state index contributed by atoms with van der Waals surface area (Å²) in [5.74, 6) is 0.106. The van der Waals surface area contributed by atoms with Gasteiger partial charge in [-0.25, -0.2) is 0 Å². The molecule has 0 spiro atoms. The zero-order valence-corrected chi connectivity index (χ0v) is 14.6. The molecule has 0 aliphatic heterocycles. The second-order valence-electron chi connectivity index (χ2n) is 6.17. The van der Waals surface area contributed by atoms with Crippen molar-refractivity contribution >= 4 is 23.2 Å². The number of aliphatic carboxylic acids is 1. The summed E-state index contributed by atoms with van der Waals surface area (Å²) in [6, 6.07) is 3.85. The Bertz CT molecular complexity index is 679. The van der Waals surface area contributed by atoms with Crippen LogP contribution in [0.1, 0.15) is 45.4 Å². The summed E-state index contributed by atoms with van der Waals surface area (Å²) in [5.41, 5.74) is -0.535. The highest BCUT2D eigenvalue weighted by Crippen LogP contribution is 2.21. The maximum absolute atomic E-state index is 12.0. The number of aromatic nitrogens is 2. The Balaban J connectivity index is 1.73. The van der Waals surface area contributed by atoms with Crippen LogP contribution < -0.4 is 5.32 Å². The largest absolute Gasteiger partial charge is 0.481 e. The predicted octanol–water partition coefficient (Wildman–Crippen LogP) is 2.88. The molecule has 2 heterocycles. The molecule has 0 radical (unpaired) electrons. The fourth-order valence-electron chi connectivity index (χ4n) is 2.18. The summed E-state index contributed by atoms with van der Waals surface area (Å²) in [6.07, 6.45) is 1.87. The number of carbonyl (C=O) groups is 2. The van der Waals surface area contributed by atoms with E-state index in [4.69, 9.17) is 9.63 Å². The van der Waals surface area contributed by atoms with Gasteiger partial charge in [-0.1, -0.05) is 11.2 Å². The van der Waals surface area contributed by atoms with Crippen molar-refractivity contribution in [1.29, 1.82) is 0 Å². The van der Waals surface area contributed by atoms with Gasteiger partial charge in [0.15, 0.2) is 0 Å². The number of hydrogen-bond acceptors (Lipinski definition) is 6. The number of nitrogens with zero attached hydrogens (tertiary/aromatic N) is 2. The molecule has 8 heteroatoms. The highest BCUT2D eigenvalue weighted by atomic mass is 32.1. The number of nitrogens with one attached hydrogen (secondary N) is 1. The van der Waals surface area contributed by atoms with Crippen LogP contribution in [0.25, 0.3) is 10.7 Å². The van der Waals surface area contributed by atoms with Gasteiger partial charge in [0, 0.05) is 24.8 Å². The average molecular weight is 351 g/mol. The molecule has 0 bridgehead atoms. The van der Waals surface area contributed by atoms with Gasteiger partial charge < -0.3 is 14.9 Å². The van der Waals surface area contributed by atoms with E-state index in [-0.39, 0.29) is 12.3 Å². The van der Waals surface area contributed by atoms with E-state index in [1.54, 1.807) is 11.3 Å². The Kier molecular flexibility index (Phi) is 6.08. The number of amides is 1. The molecule has 24 heavy (non-hydrogen) atoms. The minimum atomic E-state index is -0.865. The number of carbonyl (C=O) groups excluding carboxylic acids is 1. The first-order chi connectivity index (χ1) is 11.4. The third kappa shape index (κ3) is 5.77. The van der Waals surface area contributed by atoms with Gasteiger partial charge in [-0.05, 0) is 38.1 Å². The van der Waals surface area contributed by atoms with Crippen LogP contribution in [0.4, 0.5) is 0 Å². The van der Waals surface area contributed by atoms with Crippen LogP contribution in [0.2, 0.25) is 0 Å². The monoisotopic (exact) mass is 351 g/mol. The lowest BCUT2D eigenvalue weighted by atomic mass is 9.98. The quantitative estimate of drug-likeness (QED) is 0.719. The van der Waals surface area contributed by atoms with Crippen molar-refractivity contribution < 1.29 is 19.2 Å². The highest BCUT2D eigenvalue weighted by Gasteiger charge is 2.21. The lowest BCUT2D eigenvalue weighted by Crippen LogP contribution is -2.43. The second-order valence-corrected chi connectivity index (χ2v) is 7.12. The van der Waals surface area contributed by atoms with E-state index < -0.39 is 11.5 Å². The number of rotatable bonds is 9. The molecule has 1 amide bonds. The molecular weight excluding hydrogens is 330 g/mol. The van der Waals surface area contributed by atoms with Crippen LogP contribution in [0.3, 0.4) is 0 Å². The smallest absolute Gasteiger partial charge is 0.303 e. The molecule has 0 unspecified atom stereocenters. The maximum Gasteiger partial charge on any atom is 0.303 e. The first-order valence-electron chi connectivity index (χ1n) is 7.75. The van der Waals surface area contributed by atoms with E-state index in [0.717, 1.165) is 4.88 Å². The van der Waals surface area contributed by atoms with Crippen molar-refractivity contribution in [3.8, 4) is 10.7 Å². The van der Waals surface area contributed by atoms with Crippen LogP contribution in [0, 0.1) is 0 Å². The third-order valence-corrected chi connectivity index (χ3v) is 4.31. The molecule has 0 atom stereocenters. The number of carboxylic acid groups (broad SMARTS) is 1. The van der Waals surface area contributed by atoms with Gasteiger partial charge >= 0.3 is 5.97 Å². The van der Waals surface area contributed by atoms with Crippen LogP contribution in [-0.4, -0.2) is 32.7 Å². The van der Waals surface area contributed by atoms with Crippen molar-refractivity contribution in [2.75, 3.05) is 0 Å². The van der Waals surface area contributed by atoms with E-state index in [1.165, 1.54) is 0 Å². The molecule has 0 aliphatic rings. The molecular formula is C16H21N3O4S. The fourth-order valence-corrected chi connectivity index (χ4v) is 2.83. The zero-order valence-electron chi connectivity index (χ0n) is 13.7. The molecule has 130 valence electrons. The lowest BCUT2D eigenvalue weighted by Gasteiger charge is -2.25. The molecule has 0 aliphatic carbocycles. The minimum absolute atomic E-state index is 0.0285. The first kappa shape index (κ1) is 18.1. The number of thiophene rings is 1. The Hall–Kier alpha value is -2.22. The number of hydrogen-bond donors (Lipinski definition) is 2. The normalized spacial score (nSPS) is 11.4. The second kappa shape index (κ2) is 8.05. The minimum Gasteiger partial charge on any atom is -0.481 e. The summed E-state index contributed by atoms with van der Waals surface area (Å²) in [7, 11) is 0.